The van der Waals surface area contributed by atoms with Gasteiger partial charge in [-0.05, 0) is 79.3 Å². The summed E-state index contributed by atoms with van der Waals surface area (Å²) in [7, 11) is 0. The Morgan fingerprint density at radius 1 is 0.872 bits per heavy atom. The first kappa shape index (κ1) is 31.8. The van der Waals surface area contributed by atoms with Gasteiger partial charge in [0, 0.05) is 86.3 Å². The Morgan fingerprint density at radius 3 is 2.45 bits per heavy atom. The molecule has 1 aromatic heterocycles. The molecule has 250 valence electrons. The standard InChI is InChI=1S/C36H43F3N6O2/c37-22-32(30-20-26(38)3-5-33(30)39)24-2-6-34-31(19-24)36(43-42-34)40-23-25-1-4-29(21-35(25)41-27-9-15-46-16-10-27)44-11-7-28(8-12-44)45-13-17-47-18-14-45/h1-6,19-21,27-28,32,41H,7-18,22-23H2,(H2,40,42,43). The average Bonchev–Trinajstić information content (AvgIpc) is 3.52. The quantitative estimate of drug-likeness (QED) is 0.183. The van der Waals surface area contributed by atoms with Gasteiger partial charge in [0.1, 0.15) is 18.3 Å². The fourth-order valence-electron chi connectivity index (χ4n) is 7.24. The molecule has 7 rings (SSSR count). The number of nitrogens with zero attached hydrogens (tertiary/aromatic N) is 3. The van der Waals surface area contributed by atoms with Crippen LogP contribution in [0.25, 0.3) is 10.9 Å². The van der Waals surface area contributed by atoms with E-state index in [0.29, 0.717) is 30.0 Å². The van der Waals surface area contributed by atoms with Crippen LogP contribution in [0.2, 0.25) is 0 Å². The second kappa shape index (κ2) is 14.5. The summed E-state index contributed by atoms with van der Waals surface area (Å²) in [6.07, 6.45) is 4.21. The van der Waals surface area contributed by atoms with Crippen LogP contribution in [0.3, 0.4) is 0 Å². The molecule has 0 spiro atoms. The Labute approximate surface area is 273 Å². The number of ether oxygens (including phenoxy) is 2. The van der Waals surface area contributed by atoms with Crippen molar-refractivity contribution in [2.75, 3.05) is 74.8 Å². The van der Waals surface area contributed by atoms with Crippen molar-refractivity contribution in [1.29, 1.82) is 0 Å². The summed E-state index contributed by atoms with van der Waals surface area (Å²) < 4.78 is 54.0. The number of alkyl halides is 1. The molecule has 1 atom stereocenters. The molecule has 4 heterocycles. The van der Waals surface area contributed by atoms with Gasteiger partial charge in [-0.3, -0.25) is 14.4 Å². The number of anilines is 3. The van der Waals surface area contributed by atoms with Crippen LogP contribution in [-0.4, -0.2) is 86.5 Å². The van der Waals surface area contributed by atoms with E-state index in [2.05, 4.69) is 48.8 Å². The molecule has 0 aliphatic carbocycles. The highest BCUT2D eigenvalue weighted by Crippen LogP contribution is 2.33. The molecule has 3 aliphatic rings. The summed E-state index contributed by atoms with van der Waals surface area (Å²) in [5, 5.41) is 15.6. The molecule has 0 amide bonds. The van der Waals surface area contributed by atoms with Crippen molar-refractivity contribution in [3.63, 3.8) is 0 Å². The molecular weight excluding hydrogens is 605 g/mol. The number of halogens is 3. The minimum absolute atomic E-state index is 0.000839. The van der Waals surface area contributed by atoms with E-state index < -0.39 is 24.2 Å². The number of H-pyrrole nitrogens is 1. The van der Waals surface area contributed by atoms with Gasteiger partial charge in [-0.1, -0.05) is 12.1 Å². The molecule has 4 aromatic rings. The van der Waals surface area contributed by atoms with Crippen LogP contribution in [-0.2, 0) is 16.0 Å². The van der Waals surface area contributed by atoms with Crippen LogP contribution >= 0.6 is 0 Å². The van der Waals surface area contributed by atoms with Crippen molar-refractivity contribution >= 4 is 28.1 Å². The zero-order chi connectivity index (χ0) is 32.2. The largest absolute Gasteiger partial charge is 0.382 e. The number of rotatable bonds is 10. The van der Waals surface area contributed by atoms with Crippen LogP contribution in [0.1, 0.15) is 48.3 Å². The Morgan fingerprint density at radius 2 is 1.66 bits per heavy atom. The molecule has 11 heteroatoms. The van der Waals surface area contributed by atoms with Gasteiger partial charge < -0.3 is 25.0 Å². The van der Waals surface area contributed by atoms with E-state index in [9.17, 15) is 13.2 Å². The van der Waals surface area contributed by atoms with Gasteiger partial charge in [0.2, 0.25) is 0 Å². The third-order valence-electron chi connectivity index (χ3n) is 9.99. The number of aromatic amines is 1. The molecular formula is C36H43F3N6O2. The average molecular weight is 649 g/mol. The smallest absolute Gasteiger partial charge is 0.156 e. The predicted octanol–water partition coefficient (Wildman–Crippen LogP) is 6.45. The molecule has 1 unspecified atom stereocenters. The second-order valence-electron chi connectivity index (χ2n) is 12.8. The molecule has 3 aromatic carbocycles. The first-order valence-electron chi connectivity index (χ1n) is 16.8. The van der Waals surface area contributed by atoms with Gasteiger partial charge in [0.05, 0.1) is 18.7 Å². The summed E-state index contributed by atoms with van der Waals surface area (Å²) in [6, 6.07) is 16.1. The number of benzene rings is 3. The number of morpholine rings is 1. The van der Waals surface area contributed by atoms with Crippen molar-refractivity contribution in [2.24, 2.45) is 0 Å². The summed E-state index contributed by atoms with van der Waals surface area (Å²) >= 11 is 0. The van der Waals surface area contributed by atoms with E-state index in [1.807, 2.05) is 0 Å². The lowest BCUT2D eigenvalue weighted by Crippen LogP contribution is -2.49. The Balaban J connectivity index is 1.09. The van der Waals surface area contributed by atoms with Crippen molar-refractivity contribution in [3.05, 3.63) is 82.9 Å². The molecule has 0 saturated carbocycles. The van der Waals surface area contributed by atoms with Crippen LogP contribution in [0, 0.1) is 11.6 Å². The van der Waals surface area contributed by atoms with Gasteiger partial charge in [-0.2, -0.15) is 5.10 Å². The normalized spacial score (nSPS) is 19.3. The number of piperidine rings is 1. The third-order valence-corrected chi connectivity index (χ3v) is 9.99. The topological polar surface area (TPSA) is 77.7 Å². The lowest BCUT2D eigenvalue weighted by atomic mass is 9.91. The highest BCUT2D eigenvalue weighted by molar-refractivity contribution is 5.90. The van der Waals surface area contributed by atoms with E-state index in [4.69, 9.17) is 9.47 Å². The van der Waals surface area contributed by atoms with Crippen molar-refractivity contribution in [2.45, 2.75) is 50.2 Å². The number of hydrogen-bond donors (Lipinski definition) is 3. The number of hydrogen-bond acceptors (Lipinski definition) is 7. The number of aromatic nitrogens is 2. The second-order valence-corrected chi connectivity index (χ2v) is 12.8. The Hall–Kier alpha value is -3.80. The van der Waals surface area contributed by atoms with Gasteiger partial charge >= 0.3 is 0 Å². The lowest BCUT2D eigenvalue weighted by molar-refractivity contribution is 0.0115. The van der Waals surface area contributed by atoms with Gasteiger partial charge in [0.25, 0.3) is 0 Å². The third kappa shape index (κ3) is 7.22. The fraction of sp³-hybridized carbons (Fsp3) is 0.472. The zero-order valence-electron chi connectivity index (χ0n) is 26.6. The first-order valence-corrected chi connectivity index (χ1v) is 16.8. The van der Waals surface area contributed by atoms with Crippen LogP contribution in [0.5, 0.6) is 0 Å². The Bertz CT molecular complexity index is 1650. The minimum Gasteiger partial charge on any atom is -0.382 e. The molecule has 3 fully saturated rings. The SMILES string of the molecule is FCC(c1ccc2[nH]nc(NCc3ccc(N4CCC(N5CCOCC5)CC4)cc3NC3CCOCC3)c2c1)c1cc(F)ccc1F. The summed E-state index contributed by atoms with van der Waals surface area (Å²) in [6.45, 7) is 6.93. The van der Waals surface area contributed by atoms with Crippen molar-refractivity contribution in [1.82, 2.24) is 15.1 Å². The van der Waals surface area contributed by atoms with Gasteiger partial charge in [-0.25, -0.2) is 8.78 Å². The van der Waals surface area contributed by atoms with Gasteiger partial charge in [0.15, 0.2) is 5.82 Å². The lowest BCUT2D eigenvalue weighted by Gasteiger charge is -2.41. The van der Waals surface area contributed by atoms with E-state index >= 15 is 0 Å². The molecule has 0 bridgehead atoms. The molecule has 3 aliphatic heterocycles. The highest BCUT2D eigenvalue weighted by atomic mass is 19.1. The fourth-order valence-corrected chi connectivity index (χ4v) is 7.24. The maximum atomic E-state index is 14.6. The number of fused-ring (bicyclic) bond motifs is 1. The van der Waals surface area contributed by atoms with Crippen LogP contribution < -0.4 is 15.5 Å². The monoisotopic (exact) mass is 648 g/mol. The zero-order valence-corrected chi connectivity index (χ0v) is 26.6. The maximum absolute atomic E-state index is 14.6. The van der Waals surface area contributed by atoms with Crippen LogP contribution in [0.15, 0.2) is 54.6 Å². The minimum atomic E-state index is -0.931. The van der Waals surface area contributed by atoms with E-state index in [0.717, 1.165) is 119 Å². The highest BCUT2D eigenvalue weighted by Gasteiger charge is 2.27. The van der Waals surface area contributed by atoms with Gasteiger partial charge in [-0.15, -0.1) is 0 Å². The van der Waals surface area contributed by atoms with Crippen molar-refractivity contribution in [3.8, 4) is 0 Å². The van der Waals surface area contributed by atoms with E-state index in [1.54, 1.807) is 18.2 Å². The van der Waals surface area contributed by atoms with Crippen LogP contribution in [0.4, 0.5) is 30.4 Å². The molecule has 3 N–H and O–H groups in total. The molecule has 3 saturated heterocycles. The van der Waals surface area contributed by atoms with Crippen molar-refractivity contribution < 1.29 is 22.6 Å². The number of nitrogens with one attached hydrogen (secondary N) is 3. The van der Waals surface area contributed by atoms with E-state index in [1.165, 1.54) is 5.69 Å². The Kier molecular flexibility index (Phi) is 9.83. The molecule has 8 nitrogen and oxygen atoms in total. The molecule has 47 heavy (non-hydrogen) atoms. The maximum Gasteiger partial charge on any atom is 0.156 e. The summed E-state index contributed by atoms with van der Waals surface area (Å²) in [4.78, 5) is 5.09. The first-order chi connectivity index (χ1) is 23.1. The molecule has 0 radical (unpaired) electrons. The summed E-state index contributed by atoms with van der Waals surface area (Å²) in [5.41, 5.74) is 4.75. The predicted molar refractivity (Wildman–Crippen MR) is 179 cm³/mol. The van der Waals surface area contributed by atoms with E-state index in [-0.39, 0.29) is 5.56 Å². The summed E-state index contributed by atoms with van der Waals surface area (Å²) in [5.74, 6) is -1.54.